The molecule has 0 aliphatic rings. The van der Waals surface area contributed by atoms with Crippen LogP contribution in [-0.4, -0.2) is 12.1 Å². The largest absolute Gasteiger partial charge is 0.493 e. The molecule has 2 rings (SSSR count). The van der Waals surface area contributed by atoms with Gasteiger partial charge in [-0.15, -0.1) is 11.3 Å². The van der Waals surface area contributed by atoms with Crippen LogP contribution in [0, 0.1) is 6.92 Å². The van der Waals surface area contributed by atoms with Crippen LogP contribution >= 0.6 is 22.9 Å². The van der Waals surface area contributed by atoms with Crippen LogP contribution in [0.4, 0.5) is 5.69 Å². The first-order chi connectivity index (χ1) is 8.20. The van der Waals surface area contributed by atoms with Crippen molar-refractivity contribution in [2.24, 2.45) is 0 Å². The van der Waals surface area contributed by atoms with Gasteiger partial charge in [-0.2, -0.15) is 0 Å². The van der Waals surface area contributed by atoms with E-state index in [4.69, 9.17) is 16.3 Å². The summed E-state index contributed by atoms with van der Waals surface area (Å²) < 4.78 is 5.26. The van der Waals surface area contributed by atoms with Crippen molar-refractivity contribution in [3.05, 3.63) is 39.3 Å². The Labute approximate surface area is 109 Å². The minimum atomic E-state index is 0.604. The van der Waals surface area contributed by atoms with Gasteiger partial charge >= 0.3 is 0 Å². The minimum absolute atomic E-state index is 0.604. The number of aryl methyl sites for hydroxylation is 1. The number of halogens is 1. The van der Waals surface area contributed by atoms with Crippen molar-refractivity contribution in [1.29, 1.82) is 0 Å². The van der Waals surface area contributed by atoms with Gasteiger partial charge in [-0.05, 0) is 19.1 Å². The molecular formula is C12H13ClN2OS. The Hall–Kier alpha value is -1.26. The second-order valence-corrected chi connectivity index (χ2v) is 5.00. The first kappa shape index (κ1) is 12.2. The van der Waals surface area contributed by atoms with Crippen LogP contribution in [0.1, 0.15) is 10.7 Å². The second-order valence-electron chi connectivity index (χ2n) is 3.53. The molecule has 0 atom stereocenters. The van der Waals surface area contributed by atoms with Crippen LogP contribution in [0.15, 0.2) is 23.6 Å². The summed E-state index contributed by atoms with van der Waals surface area (Å²) >= 11 is 7.68. The Morgan fingerprint density at radius 3 is 2.94 bits per heavy atom. The Kier molecular flexibility index (Phi) is 3.86. The van der Waals surface area contributed by atoms with Gasteiger partial charge in [0.25, 0.3) is 0 Å². The number of anilines is 1. The van der Waals surface area contributed by atoms with Crippen molar-refractivity contribution in [2.45, 2.75) is 13.5 Å². The van der Waals surface area contributed by atoms with Gasteiger partial charge in [-0.25, -0.2) is 4.98 Å². The summed E-state index contributed by atoms with van der Waals surface area (Å²) in [7, 11) is 1.61. The molecule has 0 bridgehead atoms. The van der Waals surface area contributed by atoms with Crippen LogP contribution in [0.5, 0.6) is 5.75 Å². The summed E-state index contributed by atoms with van der Waals surface area (Å²) in [5.41, 5.74) is 1.90. The van der Waals surface area contributed by atoms with Gasteiger partial charge in [0.05, 0.1) is 35.1 Å². The quantitative estimate of drug-likeness (QED) is 0.918. The summed E-state index contributed by atoms with van der Waals surface area (Å²) in [5, 5.41) is 6.98. The molecule has 17 heavy (non-hydrogen) atoms. The lowest BCUT2D eigenvalue weighted by molar-refractivity contribution is 0.416. The average molecular weight is 269 g/mol. The van der Waals surface area contributed by atoms with Crippen molar-refractivity contribution in [3.8, 4) is 5.75 Å². The predicted octanol–water partition coefficient (Wildman–Crippen LogP) is 3.73. The first-order valence-corrected chi connectivity index (χ1v) is 6.44. The van der Waals surface area contributed by atoms with E-state index in [1.54, 1.807) is 24.5 Å². The molecule has 0 spiro atoms. The molecule has 0 fully saturated rings. The average Bonchev–Trinajstić information content (AvgIpc) is 2.72. The Morgan fingerprint density at radius 1 is 1.47 bits per heavy atom. The fraction of sp³-hybridized carbons (Fsp3) is 0.250. The van der Waals surface area contributed by atoms with Gasteiger partial charge in [0.2, 0.25) is 0 Å². The highest BCUT2D eigenvalue weighted by atomic mass is 35.5. The van der Waals surface area contributed by atoms with Crippen LogP contribution in [0.3, 0.4) is 0 Å². The van der Waals surface area contributed by atoms with Crippen molar-refractivity contribution in [2.75, 3.05) is 12.4 Å². The van der Waals surface area contributed by atoms with E-state index < -0.39 is 0 Å². The smallest absolute Gasteiger partial charge is 0.160 e. The fourth-order valence-electron chi connectivity index (χ4n) is 1.53. The Bertz CT molecular complexity index is 513. The third-order valence-corrected chi connectivity index (χ3v) is 3.42. The molecule has 1 aromatic carbocycles. The number of para-hydroxylation sites is 1. The van der Waals surface area contributed by atoms with Crippen molar-refractivity contribution in [3.63, 3.8) is 0 Å². The lowest BCUT2D eigenvalue weighted by atomic mass is 10.3. The zero-order valence-electron chi connectivity index (χ0n) is 9.66. The van der Waals surface area contributed by atoms with Crippen LogP contribution in [0.25, 0.3) is 0 Å². The number of hydrogen-bond acceptors (Lipinski definition) is 4. The van der Waals surface area contributed by atoms with E-state index in [1.165, 1.54) is 0 Å². The highest BCUT2D eigenvalue weighted by Crippen LogP contribution is 2.32. The monoisotopic (exact) mass is 268 g/mol. The zero-order chi connectivity index (χ0) is 12.3. The number of thiazole rings is 1. The van der Waals surface area contributed by atoms with Gasteiger partial charge in [-0.3, -0.25) is 0 Å². The summed E-state index contributed by atoms with van der Waals surface area (Å²) in [4.78, 5) is 4.39. The minimum Gasteiger partial charge on any atom is -0.493 e. The predicted molar refractivity (Wildman–Crippen MR) is 72.2 cm³/mol. The normalized spacial score (nSPS) is 10.3. The molecule has 0 saturated heterocycles. The number of benzene rings is 1. The highest BCUT2D eigenvalue weighted by molar-refractivity contribution is 7.09. The van der Waals surface area contributed by atoms with E-state index in [-0.39, 0.29) is 0 Å². The van der Waals surface area contributed by atoms with Gasteiger partial charge in [-0.1, -0.05) is 17.7 Å². The molecule has 0 aliphatic heterocycles. The third kappa shape index (κ3) is 2.90. The molecule has 0 aliphatic carbocycles. The topological polar surface area (TPSA) is 34.1 Å². The molecular weight excluding hydrogens is 256 g/mol. The van der Waals surface area contributed by atoms with Gasteiger partial charge < -0.3 is 10.1 Å². The molecule has 1 aromatic heterocycles. The molecule has 0 saturated carbocycles. The highest BCUT2D eigenvalue weighted by Gasteiger charge is 2.07. The molecule has 0 unspecified atom stereocenters. The fourth-order valence-corrected chi connectivity index (χ4v) is 2.40. The SMILES string of the molecule is COc1c(Cl)cccc1NCc1csc(C)n1. The van der Waals surface area contributed by atoms with Crippen molar-refractivity contribution in [1.82, 2.24) is 4.98 Å². The summed E-state index contributed by atoms with van der Waals surface area (Å²) in [5.74, 6) is 0.668. The number of ether oxygens (including phenoxy) is 1. The van der Waals surface area contributed by atoms with Crippen molar-refractivity contribution >= 4 is 28.6 Å². The van der Waals surface area contributed by atoms with E-state index in [1.807, 2.05) is 24.4 Å². The van der Waals surface area contributed by atoms with E-state index in [0.29, 0.717) is 17.3 Å². The molecule has 0 amide bonds. The van der Waals surface area contributed by atoms with Crippen LogP contribution in [-0.2, 0) is 6.54 Å². The summed E-state index contributed by atoms with van der Waals surface area (Å²) in [6.07, 6.45) is 0. The molecule has 90 valence electrons. The van der Waals surface area contributed by atoms with Gasteiger partial charge in [0.1, 0.15) is 0 Å². The first-order valence-electron chi connectivity index (χ1n) is 5.18. The lowest BCUT2D eigenvalue weighted by Gasteiger charge is -2.11. The van der Waals surface area contributed by atoms with E-state index >= 15 is 0 Å². The maximum Gasteiger partial charge on any atom is 0.160 e. The Morgan fingerprint density at radius 2 is 2.29 bits per heavy atom. The number of rotatable bonds is 4. The molecule has 0 radical (unpaired) electrons. The number of hydrogen-bond donors (Lipinski definition) is 1. The standard InChI is InChI=1S/C12H13ClN2OS/c1-8-15-9(7-17-8)6-14-11-5-3-4-10(13)12(11)16-2/h3-5,7,14H,6H2,1-2H3. The molecule has 5 heteroatoms. The molecule has 1 heterocycles. The van der Waals surface area contributed by atoms with E-state index in [9.17, 15) is 0 Å². The summed E-state index contributed by atoms with van der Waals surface area (Å²) in [6, 6.07) is 5.63. The maximum atomic E-state index is 6.04. The second kappa shape index (κ2) is 5.38. The third-order valence-electron chi connectivity index (χ3n) is 2.30. The van der Waals surface area contributed by atoms with E-state index in [0.717, 1.165) is 16.4 Å². The Balaban J connectivity index is 2.11. The number of nitrogens with one attached hydrogen (secondary N) is 1. The molecule has 3 nitrogen and oxygen atoms in total. The van der Waals surface area contributed by atoms with Crippen LogP contribution in [0.2, 0.25) is 5.02 Å². The summed E-state index contributed by atoms with van der Waals surface area (Å²) in [6.45, 7) is 2.66. The number of nitrogens with zero attached hydrogens (tertiary/aromatic N) is 1. The molecule has 2 aromatic rings. The van der Waals surface area contributed by atoms with Gasteiger partial charge in [0.15, 0.2) is 5.75 Å². The molecule has 1 N–H and O–H groups in total. The zero-order valence-corrected chi connectivity index (χ0v) is 11.2. The maximum absolute atomic E-state index is 6.04. The number of aromatic nitrogens is 1. The lowest BCUT2D eigenvalue weighted by Crippen LogP contribution is -2.01. The van der Waals surface area contributed by atoms with Crippen molar-refractivity contribution < 1.29 is 4.74 Å². The number of methoxy groups -OCH3 is 1. The van der Waals surface area contributed by atoms with Gasteiger partial charge in [0, 0.05) is 5.38 Å². The van der Waals surface area contributed by atoms with E-state index in [2.05, 4.69) is 10.3 Å². The van der Waals surface area contributed by atoms with Crippen LogP contribution < -0.4 is 10.1 Å².